The van der Waals surface area contributed by atoms with E-state index in [1.54, 1.807) is 25.1 Å². The van der Waals surface area contributed by atoms with Crippen molar-refractivity contribution in [2.24, 2.45) is 0 Å². The second-order valence-corrected chi connectivity index (χ2v) is 8.84. The van der Waals surface area contributed by atoms with Gasteiger partial charge in [-0.25, -0.2) is 13.1 Å². The molecule has 108 valence electrons. The molecular formula is C13H15BrN2O2S2. The third-order valence-corrected chi connectivity index (χ3v) is 7.02. The highest BCUT2D eigenvalue weighted by molar-refractivity contribution is 9.11. The van der Waals surface area contributed by atoms with Crippen LogP contribution >= 0.6 is 27.3 Å². The van der Waals surface area contributed by atoms with Crippen LogP contribution in [0.2, 0.25) is 0 Å². The Bertz CT molecular complexity index is 689. The minimum Gasteiger partial charge on any atom is -0.399 e. The van der Waals surface area contributed by atoms with Gasteiger partial charge in [-0.1, -0.05) is 12.1 Å². The summed E-state index contributed by atoms with van der Waals surface area (Å²) in [4.78, 5) is 0. The summed E-state index contributed by atoms with van der Waals surface area (Å²) in [5.74, 6) is 0. The van der Waals surface area contributed by atoms with E-state index >= 15 is 0 Å². The van der Waals surface area contributed by atoms with Gasteiger partial charge in [0, 0.05) is 11.7 Å². The van der Waals surface area contributed by atoms with Gasteiger partial charge in [0.15, 0.2) is 0 Å². The molecule has 0 aliphatic carbocycles. The molecule has 2 aromatic rings. The molecule has 7 heteroatoms. The van der Waals surface area contributed by atoms with Gasteiger partial charge in [0.1, 0.15) is 4.21 Å². The van der Waals surface area contributed by atoms with Crippen molar-refractivity contribution in [3.63, 3.8) is 0 Å². The molecule has 2 rings (SSSR count). The average molecular weight is 375 g/mol. The van der Waals surface area contributed by atoms with Crippen molar-refractivity contribution in [2.45, 2.75) is 24.1 Å². The Morgan fingerprint density at radius 3 is 2.40 bits per heavy atom. The highest BCUT2D eigenvalue weighted by atomic mass is 79.9. The fourth-order valence-electron chi connectivity index (χ4n) is 1.71. The fraction of sp³-hybridized carbons (Fsp3) is 0.231. The molecule has 1 aromatic carbocycles. The van der Waals surface area contributed by atoms with E-state index in [0.717, 1.165) is 14.9 Å². The minimum absolute atomic E-state index is 0.309. The van der Waals surface area contributed by atoms with Crippen LogP contribution in [-0.4, -0.2) is 8.42 Å². The van der Waals surface area contributed by atoms with Crippen molar-refractivity contribution < 1.29 is 8.42 Å². The van der Waals surface area contributed by atoms with Gasteiger partial charge in [-0.3, -0.25) is 0 Å². The van der Waals surface area contributed by atoms with Crippen molar-refractivity contribution in [2.75, 3.05) is 5.73 Å². The van der Waals surface area contributed by atoms with E-state index in [0.29, 0.717) is 9.90 Å². The van der Waals surface area contributed by atoms with E-state index in [4.69, 9.17) is 5.73 Å². The van der Waals surface area contributed by atoms with Crippen molar-refractivity contribution in [1.82, 2.24) is 4.72 Å². The summed E-state index contributed by atoms with van der Waals surface area (Å²) in [6.45, 7) is 3.67. The predicted molar refractivity (Wildman–Crippen MR) is 86.3 cm³/mol. The van der Waals surface area contributed by atoms with E-state index < -0.39 is 10.0 Å². The second kappa shape index (κ2) is 5.85. The van der Waals surface area contributed by atoms with Crippen LogP contribution in [0.4, 0.5) is 5.69 Å². The monoisotopic (exact) mass is 374 g/mol. The molecule has 0 saturated carbocycles. The number of benzene rings is 1. The molecule has 0 aliphatic heterocycles. The van der Waals surface area contributed by atoms with Gasteiger partial charge in [-0.05, 0) is 59.1 Å². The number of rotatable bonds is 4. The van der Waals surface area contributed by atoms with Crippen LogP contribution in [-0.2, 0) is 10.0 Å². The van der Waals surface area contributed by atoms with Crippen LogP contribution in [0.5, 0.6) is 0 Å². The first kappa shape index (κ1) is 15.5. The normalized spacial score (nSPS) is 13.3. The van der Waals surface area contributed by atoms with E-state index in [2.05, 4.69) is 20.7 Å². The van der Waals surface area contributed by atoms with Crippen LogP contribution in [0, 0.1) is 6.92 Å². The number of nitrogens with one attached hydrogen (secondary N) is 1. The van der Waals surface area contributed by atoms with Gasteiger partial charge in [-0.15, -0.1) is 11.3 Å². The third kappa shape index (κ3) is 3.41. The lowest BCUT2D eigenvalue weighted by atomic mass is 10.1. The van der Waals surface area contributed by atoms with Crippen LogP contribution < -0.4 is 10.5 Å². The Kier molecular flexibility index (Phi) is 4.53. The number of nitrogens with two attached hydrogens (primary N) is 1. The molecule has 0 bridgehead atoms. The largest absolute Gasteiger partial charge is 0.399 e. The first-order valence-corrected chi connectivity index (χ1v) is 9.02. The van der Waals surface area contributed by atoms with Crippen molar-refractivity contribution in [3.05, 3.63) is 45.2 Å². The highest BCUT2D eigenvalue weighted by Gasteiger charge is 2.21. The number of hydrogen-bond acceptors (Lipinski definition) is 4. The van der Waals surface area contributed by atoms with Crippen molar-refractivity contribution >= 4 is 43.0 Å². The standard InChI is InChI=1S/C13H15BrN2O2S2/c1-8-7-12(19-13(8)14)20(17,18)16-9(2)10-3-5-11(15)6-4-10/h3-7,9,16H,15H2,1-2H3. The third-order valence-electron chi connectivity index (χ3n) is 2.87. The molecule has 1 atom stereocenters. The van der Waals surface area contributed by atoms with Gasteiger partial charge in [0.05, 0.1) is 3.79 Å². The molecule has 0 saturated heterocycles. The first-order valence-electron chi connectivity index (χ1n) is 5.93. The Hall–Kier alpha value is -0.890. The summed E-state index contributed by atoms with van der Waals surface area (Å²) in [5.41, 5.74) is 8.06. The molecule has 3 N–H and O–H groups in total. The molecule has 1 heterocycles. The number of anilines is 1. The molecule has 1 unspecified atom stereocenters. The molecule has 0 amide bonds. The van der Waals surface area contributed by atoms with E-state index in [1.165, 1.54) is 11.3 Å². The Morgan fingerprint density at radius 2 is 1.90 bits per heavy atom. The first-order chi connectivity index (χ1) is 9.29. The summed E-state index contributed by atoms with van der Waals surface area (Å²) in [5, 5.41) is 0. The van der Waals surface area contributed by atoms with E-state index in [-0.39, 0.29) is 6.04 Å². The summed E-state index contributed by atoms with van der Waals surface area (Å²) in [7, 11) is -3.51. The fourth-order valence-corrected chi connectivity index (χ4v) is 5.18. The maximum Gasteiger partial charge on any atom is 0.250 e. The van der Waals surface area contributed by atoms with E-state index in [9.17, 15) is 8.42 Å². The topological polar surface area (TPSA) is 72.2 Å². The van der Waals surface area contributed by atoms with Gasteiger partial charge >= 0.3 is 0 Å². The number of sulfonamides is 1. The highest BCUT2D eigenvalue weighted by Crippen LogP contribution is 2.31. The molecule has 4 nitrogen and oxygen atoms in total. The Balaban J connectivity index is 2.21. The molecule has 0 spiro atoms. The maximum atomic E-state index is 12.3. The quantitative estimate of drug-likeness (QED) is 0.805. The Morgan fingerprint density at radius 1 is 1.30 bits per heavy atom. The van der Waals surface area contributed by atoms with Crippen molar-refractivity contribution in [1.29, 1.82) is 0 Å². The van der Waals surface area contributed by atoms with Gasteiger partial charge in [0.2, 0.25) is 0 Å². The molecule has 0 aliphatic rings. The zero-order valence-corrected chi connectivity index (χ0v) is 14.3. The lowest BCUT2D eigenvalue weighted by Crippen LogP contribution is -2.26. The number of aryl methyl sites for hydroxylation is 1. The summed E-state index contributed by atoms with van der Waals surface area (Å²) < 4.78 is 28.4. The molecule has 0 fully saturated rings. The smallest absolute Gasteiger partial charge is 0.250 e. The summed E-state index contributed by atoms with van der Waals surface area (Å²) in [6.07, 6.45) is 0. The molecule has 0 radical (unpaired) electrons. The molecular weight excluding hydrogens is 360 g/mol. The van der Waals surface area contributed by atoms with Crippen LogP contribution in [0.15, 0.2) is 38.3 Å². The molecule has 20 heavy (non-hydrogen) atoms. The number of halogens is 1. The maximum absolute atomic E-state index is 12.3. The van der Waals surface area contributed by atoms with Crippen LogP contribution in [0.1, 0.15) is 24.1 Å². The minimum atomic E-state index is -3.51. The lowest BCUT2D eigenvalue weighted by molar-refractivity contribution is 0.569. The number of hydrogen-bond donors (Lipinski definition) is 2. The van der Waals surface area contributed by atoms with Gasteiger partial charge in [-0.2, -0.15) is 0 Å². The Labute approximate surface area is 131 Å². The van der Waals surface area contributed by atoms with Gasteiger partial charge in [0.25, 0.3) is 10.0 Å². The number of nitrogen functional groups attached to an aromatic ring is 1. The average Bonchev–Trinajstić information content (AvgIpc) is 2.71. The SMILES string of the molecule is Cc1cc(S(=O)(=O)NC(C)c2ccc(N)cc2)sc1Br. The summed E-state index contributed by atoms with van der Waals surface area (Å²) in [6, 6.07) is 8.49. The van der Waals surface area contributed by atoms with Crippen LogP contribution in [0.25, 0.3) is 0 Å². The predicted octanol–water partition coefficient (Wildman–Crippen LogP) is 3.44. The lowest BCUT2D eigenvalue weighted by Gasteiger charge is -2.14. The zero-order chi connectivity index (χ0) is 14.9. The van der Waals surface area contributed by atoms with Crippen LogP contribution in [0.3, 0.4) is 0 Å². The van der Waals surface area contributed by atoms with Crippen molar-refractivity contribution in [3.8, 4) is 0 Å². The zero-order valence-electron chi connectivity index (χ0n) is 11.1. The summed E-state index contributed by atoms with van der Waals surface area (Å²) >= 11 is 4.55. The number of thiophene rings is 1. The second-order valence-electron chi connectivity index (χ2n) is 4.53. The van der Waals surface area contributed by atoms with E-state index in [1.807, 2.05) is 19.1 Å². The molecule has 1 aromatic heterocycles. The van der Waals surface area contributed by atoms with Gasteiger partial charge < -0.3 is 5.73 Å².